The first-order valence-corrected chi connectivity index (χ1v) is 10.1. The summed E-state index contributed by atoms with van der Waals surface area (Å²) in [5.74, 6) is -1.22. The number of para-hydroxylation sites is 1. The van der Waals surface area contributed by atoms with Crippen molar-refractivity contribution < 1.29 is 28.3 Å². The average Bonchev–Trinajstić information content (AvgIpc) is 2.84. The van der Waals surface area contributed by atoms with Crippen molar-refractivity contribution in [2.24, 2.45) is 0 Å². The van der Waals surface area contributed by atoms with Crippen molar-refractivity contribution in [1.29, 1.82) is 0 Å². The molecule has 0 bridgehead atoms. The highest BCUT2D eigenvalue weighted by Gasteiger charge is 2.18. The minimum atomic E-state index is -0.910. The summed E-state index contributed by atoms with van der Waals surface area (Å²) in [4.78, 5) is 48.5. The molecule has 0 N–H and O–H groups in total. The molecule has 0 aliphatic heterocycles. The van der Waals surface area contributed by atoms with Gasteiger partial charge in [-0.15, -0.1) is 0 Å². The number of rotatable bonds is 7. The van der Waals surface area contributed by atoms with E-state index < -0.39 is 23.2 Å². The Morgan fingerprint density at radius 2 is 1.42 bits per heavy atom. The molecule has 0 saturated heterocycles. The molecule has 0 unspecified atom stereocenters. The zero-order chi connectivity index (χ0) is 23.4. The summed E-state index contributed by atoms with van der Waals surface area (Å²) in [6.07, 6.45) is 0. The van der Waals surface area contributed by atoms with Crippen molar-refractivity contribution >= 4 is 28.5 Å². The molecule has 33 heavy (non-hydrogen) atoms. The number of hydrogen-bond acceptors (Lipinski definition) is 7. The molecule has 0 radical (unpaired) electrons. The molecule has 3 aromatic carbocycles. The predicted octanol–water partition coefficient (Wildman–Crippen LogP) is 4.56. The lowest BCUT2D eigenvalue weighted by Gasteiger charge is -2.08. The maximum absolute atomic E-state index is 12.8. The van der Waals surface area contributed by atoms with E-state index in [0.29, 0.717) is 28.0 Å². The van der Waals surface area contributed by atoms with E-state index in [1.807, 2.05) is 0 Å². The summed E-state index contributed by atoms with van der Waals surface area (Å²) in [6.45, 7) is 1.74. The summed E-state index contributed by atoms with van der Waals surface area (Å²) >= 11 is 0. The van der Waals surface area contributed by atoms with E-state index in [-0.39, 0.29) is 17.7 Å². The second kappa shape index (κ2) is 9.32. The number of esters is 1. The van der Waals surface area contributed by atoms with Crippen LogP contribution in [0.5, 0.6) is 11.5 Å². The molecule has 164 valence electrons. The molecule has 7 nitrogen and oxygen atoms in total. The molecule has 0 atom stereocenters. The van der Waals surface area contributed by atoms with Crippen LogP contribution in [0.15, 0.2) is 88.1 Å². The summed E-state index contributed by atoms with van der Waals surface area (Å²) in [5.41, 5.74) is 0.162. The molecular formula is C26H18O7. The van der Waals surface area contributed by atoms with E-state index in [2.05, 4.69) is 0 Å². The van der Waals surface area contributed by atoms with Crippen LogP contribution in [0.3, 0.4) is 0 Å². The Morgan fingerprint density at radius 1 is 0.818 bits per heavy atom. The molecule has 1 aromatic heterocycles. The number of benzene rings is 3. The summed E-state index contributed by atoms with van der Waals surface area (Å²) < 4.78 is 15.7. The largest absolute Gasteiger partial charge is 0.460 e. The van der Waals surface area contributed by atoms with Crippen LogP contribution >= 0.6 is 0 Å². The Labute approximate surface area is 188 Å². The second-order valence-electron chi connectivity index (χ2n) is 7.01. The normalized spacial score (nSPS) is 10.6. The third-order valence-corrected chi connectivity index (χ3v) is 4.82. The standard InChI is InChI=1S/C26H18O7/c1-2-31-26(30)24(28)17-9-13-20(14-10-17)32-19-11-7-16(8-12-19)23(27)21-15-18-5-3-4-6-22(18)33-25(21)29/h3-15H,2H2,1H3. The number of Topliss-reactive ketones (excluding diaryl/α,β-unsaturated/α-hetero) is 1. The van der Waals surface area contributed by atoms with Crippen LogP contribution in [0.1, 0.15) is 33.2 Å². The first kappa shape index (κ1) is 21.7. The van der Waals surface area contributed by atoms with Gasteiger partial charge in [-0.25, -0.2) is 9.59 Å². The van der Waals surface area contributed by atoms with Crippen molar-refractivity contribution in [2.45, 2.75) is 6.92 Å². The van der Waals surface area contributed by atoms with Crippen molar-refractivity contribution in [1.82, 2.24) is 0 Å². The number of hydrogen-bond donors (Lipinski definition) is 0. The molecule has 0 amide bonds. The van der Waals surface area contributed by atoms with Gasteiger partial charge < -0.3 is 13.9 Å². The Balaban J connectivity index is 1.48. The Morgan fingerprint density at radius 3 is 2.06 bits per heavy atom. The number of ketones is 2. The third-order valence-electron chi connectivity index (χ3n) is 4.82. The third kappa shape index (κ3) is 4.72. The van der Waals surface area contributed by atoms with Crippen LogP contribution in [0.2, 0.25) is 0 Å². The number of ether oxygens (including phenoxy) is 2. The number of carbonyl (C=O) groups is 3. The van der Waals surface area contributed by atoms with Gasteiger partial charge in [-0.3, -0.25) is 9.59 Å². The SMILES string of the molecule is CCOC(=O)C(=O)c1ccc(Oc2ccc(C(=O)c3cc4ccccc4oc3=O)cc2)cc1. The van der Waals surface area contributed by atoms with Crippen LogP contribution in [-0.4, -0.2) is 24.1 Å². The maximum Gasteiger partial charge on any atom is 0.379 e. The van der Waals surface area contributed by atoms with Crippen molar-refractivity contribution in [3.63, 3.8) is 0 Å². The lowest BCUT2D eigenvalue weighted by molar-refractivity contribution is -0.137. The molecule has 0 spiro atoms. The molecule has 0 aliphatic carbocycles. The van der Waals surface area contributed by atoms with E-state index in [0.717, 1.165) is 0 Å². The van der Waals surface area contributed by atoms with Crippen LogP contribution in [0.4, 0.5) is 0 Å². The van der Waals surface area contributed by atoms with Crippen molar-refractivity contribution in [2.75, 3.05) is 6.61 Å². The number of carbonyl (C=O) groups excluding carboxylic acids is 3. The zero-order valence-electron chi connectivity index (χ0n) is 17.6. The van der Waals surface area contributed by atoms with Gasteiger partial charge in [-0.1, -0.05) is 18.2 Å². The fraction of sp³-hybridized carbons (Fsp3) is 0.0769. The molecule has 7 heteroatoms. The minimum Gasteiger partial charge on any atom is -0.460 e. The molecule has 0 fully saturated rings. The van der Waals surface area contributed by atoms with E-state index in [1.165, 1.54) is 18.2 Å². The molecule has 4 aromatic rings. The lowest BCUT2D eigenvalue weighted by atomic mass is 10.0. The number of fused-ring (bicyclic) bond motifs is 1. The summed E-state index contributed by atoms with van der Waals surface area (Å²) in [5, 5.41) is 0.658. The predicted molar refractivity (Wildman–Crippen MR) is 120 cm³/mol. The molecule has 1 heterocycles. The fourth-order valence-corrected chi connectivity index (χ4v) is 3.18. The monoisotopic (exact) mass is 442 g/mol. The summed E-state index contributed by atoms with van der Waals surface area (Å²) in [7, 11) is 0. The Bertz CT molecular complexity index is 1400. The Hall–Kier alpha value is -4.52. The van der Waals surface area contributed by atoms with Gasteiger partial charge >= 0.3 is 11.6 Å². The van der Waals surface area contributed by atoms with Gasteiger partial charge in [0.25, 0.3) is 5.78 Å². The van der Waals surface area contributed by atoms with Crippen molar-refractivity contribution in [3.8, 4) is 11.5 Å². The first-order valence-electron chi connectivity index (χ1n) is 10.1. The van der Waals surface area contributed by atoms with Gasteiger partial charge in [0, 0.05) is 16.5 Å². The Kier molecular flexibility index (Phi) is 6.13. The van der Waals surface area contributed by atoms with E-state index in [1.54, 1.807) is 67.6 Å². The van der Waals surface area contributed by atoms with Gasteiger partial charge in [0.1, 0.15) is 22.6 Å². The quantitative estimate of drug-likeness (QED) is 0.179. The highest BCUT2D eigenvalue weighted by Crippen LogP contribution is 2.23. The topological polar surface area (TPSA) is 99.9 Å². The lowest BCUT2D eigenvalue weighted by Crippen LogP contribution is -2.17. The zero-order valence-corrected chi connectivity index (χ0v) is 17.6. The maximum atomic E-state index is 12.8. The van der Waals surface area contributed by atoms with Crippen molar-refractivity contribution in [3.05, 3.63) is 106 Å². The van der Waals surface area contributed by atoms with Gasteiger partial charge in [0.05, 0.1) is 6.61 Å². The smallest absolute Gasteiger partial charge is 0.379 e. The molecule has 4 rings (SSSR count). The molecule has 0 aliphatic rings. The molecular weight excluding hydrogens is 424 g/mol. The minimum absolute atomic E-state index is 0.0516. The van der Waals surface area contributed by atoms with E-state index >= 15 is 0 Å². The van der Waals surface area contributed by atoms with Gasteiger partial charge in [-0.2, -0.15) is 0 Å². The molecule has 0 saturated carbocycles. The van der Waals surface area contributed by atoms with Crippen LogP contribution in [0, 0.1) is 0 Å². The fourth-order valence-electron chi connectivity index (χ4n) is 3.18. The average molecular weight is 442 g/mol. The van der Waals surface area contributed by atoms with E-state index in [9.17, 15) is 19.2 Å². The van der Waals surface area contributed by atoms with Gasteiger partial charge in [-0.05, 0) is 67.6 Å². The highest BCUT2D eigenvalue weighted by molar-refractivity contribution is 6.40. The van der Waals surface area contributed by atoms with Crippen LogP contribution in [0.25, 0.3) is 11.0 Å². The van der Waals surface area contributed by atoms with Gasteiger partial charge in [0.15, 0.2) is 5.78 Å². The second-order valence-corrected chi connectivity index (χ2v) is 7.01. The van der Waals surface area contributed by atoms with Crippen LogP contribution < -0.4 is 10.4 Å². The first-order chi connectivity index (χ1) is 16.0. The van der Waals surface area contributed by atoms with Crippen LogP contribution in [-0.2, 0) is 9.53 Å². The highest BCUT2D eigenvalue weighted by atomic mass is 16.5. The van der Waals surface area contributed by atoms with E-state index in [4.69, 9.17) is 13.9 Å². The van der Waals surface area contributed by atoms with Gasteiger partial charge in [0.2, 0.25) is 0 Å². The summed E-state index contributed by atoms with van der Waals surface area (Å²) in [6, 6.07) is 20.8.